The van der Waals surface area contributed by atoms with Crippen LogP contribution in [0.15, 0.2) is 0 Å². The Balaban J connectivity index is 2.46. The van der Waals surface area contributed by atoms with Gasteiger partial charge >= 0.3 is 5.97 Å². The van der Waals surface area contributed by atoms with Crippen molar-refractivity contribution in [3.05, 3.63) is 0 Å². The number of aliphatic hydroxyl groups excluding tert-OH is 1. The highest BCUT2D eigenvalue weighted by atomic mass is 32.2. The summed E-state index contributed by atoms with van der Waals surface area (Å²) in [4.78, 5) is 10.9. The Labute approximate surface area is 102 Å². The van der Waals surface area contributed by atoms with E-state index in [1.807, 2.05) is 0 Å². The van der Waals surface area contributed by atoms with Gasteiger partial charge in [-0.25, -0.2) is 12.7 Å². The molecule has 6 nitrogen and oxygen atoms in total. The average Bonchev–Trinajstić information content (AvgIpc) is 2.36. The van der Waals surface area contributed by atoms with Crippen LogP contribution in [0.2, 0.25) is 0 Å². The molecule has 0 bridgehead atoms. The summed E-state index contributed by atoms with van der Waals surface area (Å²) in [5, 5.41) is 8.96. The van der Waals surface area contributed by atoms with Crippen LogP contribution >= 0.6 is 0 Å². The molecule has 1 heterocycles. The van der Waals surface area contributed by atoms with E-state index in [1.165, 1.54) is 11.4 Å². The highest BCUT2D eigenvalue weighted by Gasteiger charge is 2.27. The predicted octanol–water partition coefficient (Wildman–Crippen LogP) is -0.416. The number of sulfonamides is 1. The van der Waals surface area contributed by atoms with E-state index < -0.39 is 16.0 Å². The smallest absolute Gasteiger partial charge is 0.306 e. The second-order valence-corrected chi connectivity index (χ2v) is 6.26. The first kappa shape index (κ1) is 14.4. The molecule has 0 saturated carbocycles. The molecule has 100 valence electrons. The fourth-order valence-corrected chi connectivity index (χ4v) is 3.26. The summed E-state index contributed by atoms with van der Waals surface area (Å²) in [6.07, 6.45) is 1.24. The zero-order valence-corrected chi connectivity index (χ0v) is 10.8. The van der Waals surface area contributed by atoms with E-state index in [1.54, 1.807) is 0 Å². The van der Waals surface area contributed by atoms with E-state index in [9.17, 15) is 13.2 Å². The minimum absolute atomic E-state index is 0.107. The topological polar surface area (TPSA) is 83.9 Å². The Morgan fingerprint density at radius 1 is 1.41 bits per heavy atom. The van der Waals surface area contributed by atoms with Gasteiger partial charge in [0, 0.05) is 19.7 Å². The van der Waals surface area contributed by atoms with Crippen LogP contribution < -0.4 is 0 Å². The zero-order valence-electron chi connectivity index (χ0n) is 9.96. The van der Waals surface area contributed by atoms with Crippen LogP contribution in [-0.2, 0) is 19.6 Å². The number of nitrogens with zero attached hydrogens (tertiary/aromatic N) is 1. The average molecular weight is 265 g/mol. The molecule has 1 rings (SSSR count). The SMILES string of the molecule is COC(=O)CCS(=O)(=O)N1CCC(CO)CC1. The van der Waals surface area contributed by atoms with Gasteiger partial charge in [-0.3, -0.25) is 4.79 Å². The van der Waals surface area contributed by atoms with Gasteiger partial charge in [-0.2, -0.15) is 0 Å². The van der Waals surface area contributed by atoms with Gasteiger partial charge in [0.05, 0.1) is 19.3 Å². The monoisotopic (exact) mass is 265 g/mol. The first-order valence-corrected chi connectivity index (χ1v) is 7.26. The van der Waals surface area contributed by atoms with Crippen molar-refractivity contribution in [1.82, 2.24) is 4.31 Å². The molecule has 1 aliphatic rings. The summed E-state index contributed by atoms with van der Waals surface area (Å²) >= 11 is 0. The molecule has 7 heteroatoms. The Hall–Kier alpha value is -0.660. The zero-order chi connectivity index (χ0) is 12.9. The van der Waals surface area contributed by atoms with E-state index in [0.29, 0.717) is 25.9 Å². The number of methoxy groups -OCH3 is 1. The second-order valence-electron chi connectivity index (χ2n) is 4.17. The molecule has 0 aromatic heterocycles. The van der Waals surface area contributed by atoms with Crippen LogP contribution in [0.25, 0.3) is 0 Å². The summed E-state index contributed by atoms with van der Waals surface area (Å²) < 4.78 is 29.5. The summed E-state index contributed by atoms with van der Waals surface area (Å²) in [5.74, 6) is -0.524. The molecule has 0 radical (unpaired) electrons. The van der Waals surface area contributed by atoms with Crippen molar-refractivity contribution < 1.29 is 23.1 Å². The second kappa shape index (κ2) is 6.32. The van der Waals surface area contributed by atoms with Gasteiger partial charge in [0.1, 0.15) is 0 Å². The molecular formula is C10H19NO5S. The first-order valence-electron chi connectivity index (χ1n) is 5.65. The van der Waals surface area contributed by atoms with Crippen molar-refractivity contribution >= 4 is 16.0 Å². The predicted molar refractivity (Wildman–Crippen MR) is 61.8 cm³/mol. The lowest BCUT2D eigenvalue weighted by molar-refractivity contribution is -0.140. The number of esters is 1. The van der Waals surface area contributed by atoms with E-state index in [-0.39, 0.29) is 24.7 Å². The van der Waals surface area contributed by atoms with Crippen LogP contribution in [0.3, 0.4) is 0 Å². The van der Waals surface area contributed by atoms with Gasteiger partial charge in [0.2, 0.25) is 10.0 Å². The maximum Gasteiger partial charge on any atom is 0.306 e. The van der Waals surface area contributed by atoms with Gasteiger partial charge in [0.25, 0.3) is 0 Å². The lowest BCUT2D eigenvalue weighted by Gasteiger charge is -2.30. The molecule has 1 N–H and O–H groups in total. The summed E-state index contributed by atoms with van der Waals surface area (Å²) in [7, 11) is -2.13. The first-order chi connectivity index (χ1) is 7.99. The van der Waals surface area contributed by atoms with Crippen LogP contribution in [0.4, 0.5) is 0 Å². The number of rotatable bonds is 5. The number of carbonyl (C=O) groups excluding carboxylic acids is 1. The van der Waals surface area contributed by atoms with Crippen molar-refractivity contribution in [2.45, 2.75) is 19.3 Å². The van der Waals surface area contributed by atoms with Crippen molar-refractivity contribution in [2.75, 3.05) is 32.6 Å². The molecule has 17 heavy (non-hydrogen) atoms. The van der Waals surface area contributed by atoms with E-state index in [4.69, 9.17) is 5.11 Å². The molecular weight excluding hydrogens is 246 g/mol. The Morgan fingerprint density at radius 2 is 2.00 bits per heavy atom. The maximum absolute atomic E-state index is 11.9. The van der Waals surface area contributed by atoms with Crippen molar-refractivity contribution in [3.63, 3.8) is 0 Å². The number of carbonyl (C=O) groups is 1. The number of hydrogen-bond acceptors (Lipinski definition) is 5. The van der Waals surface area contributed by atoms with E-state index in [0.717, 1.165) is 0 Å². The van der Waals surface area contributed by atoms with Gasteiger partial charge in [-0.1, -0.05) is 0 Å². The van der Waals surface area contributed by atoms with Crippen molar-refractivity contribution in [3.8, 4) is 0 Å². The van der Waals surface area contributed by atoms with Gasteiger partial charge < -0.3 is 9.84 Å². The largest absolute Gasteiger partial charge is 0.469 e. The lowest BCUT2D eigenvalue weighted by atomic mass is 10.00. The Kier molecular flexibility index (Phi) is 5.35. The molecule has 1 saturated heterocycles. The minimum atomic E-state index is -3.37. The third-order valence-electron chi connectivity index (χ3n) is 3.02. The fourth-order valence-electron chi connectivity index (χ4n) is 1.81. The molecule has 0 aliphatic carbocycles. The van der Waals surface area contributed by atoms with Crippen LogP contribution in [0, 0.1) is 5.92 Å². The van der Waals surface area contributed by atoms with Crippen LogP contribution in [0.1, 0.15) is 19.3 Å². The highest BCUT2D eigenvalue weighted by Crippen LogP contribution is 2.19. The molecule has 0 aromatic rings. The van der Waals surface area contributed by atoms with Crippen LogP contribution in [0.5, 0.6) is 0 Å². The highest BCUT2D eigenvalue weighted by molar-refractivity contribution is 7.89. The normalized spacial score (nSPS) is 19.2. The summed E-state index contributed by atoms with van der Waals surface area (Å²) in [5.41, 5.74) is 0. The summed E-state index contributed by atoms with van der Waals surface area (Å²) in [6.45, 7) is 0.958. The number of aliphatic hydroxyl groups is 1. The van der Waals surface area contributed by atoms with Gasteiger partial charge in [0.15, 0.2) is 0 Å². The lowest BCUT2D eigenvalue weighted by Crippen LogP contribution is -2.40. The number of piperidine rings is 1. The molecule has 0 atom stereocenters. The Bertz CT molecular complexity index is 346. The number of hydrogen-bond donors (Lipinski definition) is 1. The molecule has 0 aromatic carbocycles. The van der Waals surface area contributed by atoms with E-state index >= 15 is 0 Å². The van der Waals surface area contributed by atoms with Crippen molar-refractivity contribution in [2.24, 2.45) is 5.92 Å². The maximum atomic E-state index is 11.9. The third kappa shape index (κ3) is 4.25. The van der Waals surface area contributed by atoms with Gasteiger partial charge in [-0.15, -0.1) is 0 Å². The molecule has 0 amide bonds. The van der Waals surface area contributed by atoms with E-state index in [2.05, 4.69) is 4.74 Å². The molecule has 1 fully saturated rings. The number of ether oxygens (including phenoxy) is 1. The van der Waals surface area contributed by atoms with Crippen LogP contribution in [-0.4, -0.2) is 56.4 Å². The fraction of sp³-hybridized carbons (Fsp3) is 0.900. The Morgan fingerprint density at radius 3 is 2.47 bits per heavy atom. The summed E-state index contributed by atoms with van der Waals surface area (Å²) in [6, 6.07) is 0. The minimum Gasteiger partial charge on any atom is -0.469 e. The standard InChI is InChI=1S/C10H19NO5S/c1-16-10(13)4-7-17(14,15)11-5-2-9(8-12)3-6-11/h9,12H,2-8H2,1H3. The van der Waals surface area contributed by atoms with Crippen molar-refractivity contribution in [1.29, 1.82) is 0 Å². The quantitative estimate of drug-likeness (QED) is 0.683. The molecule has 0 unspecified atom stereocenters. The molecule has 1 aliphatic heterocycles. The third-order valence-corrected chi connectivity index (χ3v) is 4.89. The molecule has 0 spiro atoms. The van der Waals surface area contributed by atoms with Gasteiger partial charge in [-0.05, 0) is 18.8 Å².